The van der Waals surface area contributed by atoms with Crippen molar-refractivity contribution in [2.24, 2.45) is 0 Å². The van der Waals surface area contributed by atoms with Gasteiger partial charge in [0.1, 0.15) is 12.4 Å². The number of aldehydes is 1. The molecule has 0 saturated carbocycles. The minimum absolute atomic E-state index is 0.0746. The van der Waals surface area contributed by atoms with E-state index in [0.29, 0.717) is 12.4 Å². The van der Waals surface area contributed by atoms with Gasteiger partial charge in [-0.25, -0.2) is 0 Å². The Morgan fingerprint density at radius 3 is 2.79 bits per heavy atom. The summed E-state index contributed by atoms with van der Waals surface area (Å²) in [5, 5.41) is 0. The van der Waals surface area contributed by atoms with E-state index >= 15 is 0 Å². The second-order valence-electron chi connectivity index (χ2n) is 2.48. The molecule has 0 aliphatic heterocycles. The van der Waals surface area contributed by atoms with Crippen LogP contribution in [0.1, 0.15) is 16.3 Å². The molecular weight excluding hydrogens is 194 g/mol. The lowest BCUT2D eigenvalue weighted by Crippen LogP contribution is -2.16. The Morgan fingerprint density at radius 1 is 1.57 bits per heavy atom. The highest BCUT2D eigenvalue weighted by molar-refractivity contribution is 5.70. The average Bonchev–Trinajstić information content (AvgIpc) is 2.63. The Morgan fingerprint density at radius 2 is 2.29 bits per heavy atom. The Bertz CT molecular complexity index is 331. The number of carbonyl (C=O) groups excluding carboxylic acids is 1. The third-order valence-corrected chi connectivity index (χ3v) is 1.44. The fraction of sp³-hybridized carbons (Fsp3) is 0.222. The third-order valence-electron chi connectivity index (χ3n) is 1.44. The fourth-order valence-corrected chi connectivity index (χ4v) is 0.762. The highest BCUT2D eigenvalue weighted by atomic mass is 19.3. The maximum atomic E-state index is 12.5. The second-order valence-corrected chi connectivity index (χ2v) is 2.48. The lowest BCUT2D eigenvalue weighted by atomic mass is 10.4. The van der Waals surface area contributed by atoms with Gasteiger partial charge in [-0.2, -0.15) is 8.78 Å². The number of rotatable bonds is 5. The molecule has 76 valence electrons. The van der Waals surface area contributed by atoms with Crippen molar-refractivity contribution in [3.8, 4) is 0 Å². The minimum Gasteiger partial charge on any atom is -0.456 e. The molecule has 0 saturated heterocycles. The standard InChI is InChI=1S/C9H8F2O3/c1-2-9(10,11)13-6-8-4-3-7(5-12)14-8/h2-5H,1,6H2. The van der Waals surface area contributed by atoms with Crippen LogP contribution in [0.4, 0.5) is 8.78 Å². The lowest BCUT2D eigenvalue weighted by molar-refractivity contribution is -0.210. The fourth-order valence-electron chi connectivity index (χ4n) is 0.762. The molecule has 0 N–H and O–H groups in total. The van der Waals surface area contributed by atoms with E-state index in [1.807, 2.05) is 0 Å². The van der Waals surface area contributed by atoms with Gasteiger partial charge in [0.2, 0.25) is 0 Å². The summed E-state index contributed by atoms with van der Waals surface area (Å²) in [5.41, 5.74) is 0. The summed E-state index contributed by atoms with van der Waals surface area (Å²) in [6, 6.07) is 2.76. The van der Waals surface area contributed by atoms with Crippen LogP contribution in [0.3, 0.4) is 0 Å². The van der Waals surface area contributed by atoms with Gasteiger partial charge in [0.05, 0.1) is 0 Å². The van der Waals surface area contributed by atoms with Gasteiger partial charge in [0.25, 0.3) is 0 Å². The molecule has 0 atom stereocenters. The van der Waals surface area contributed by atoms with E-state index in [1.165, 1.54) is 12.1 Å². The molecule has 0 unspecified atom stereocenters. The number of hydrogen-bond acceptors (Lipinski definition) is 3. The van der Waals surface area contributed by atoms with E-state index in [0.717, 1.165) is 0 Å². The Labute approximate surface area is 79.0 Å². The van der Waals surface area contributed by atoms with Crippen LogP contribution in [0, 0.1) is 0 Å². The van der Waals surface area contributed by atoms with Gasteiger partial charge in [0.15, 0.2) is 12.0 Å². The van der Waals surface area contributed by atoms with Crippen molar-refractivity contribution in [1.29, 1.82) is 0 Å². The van der Waals surface area contributed by atoms with E-state index in [4.69, 9.17) is 4.42 Å². The van der Waals surface area contributed by atoms with Gasteiger partial charge in [0, 0.05) is 6.08 Å². The SMILES string of the molecule is C=CC(F)(F)OCc1ccc(C=O)o1. The summed E-state index contributed by atoms with van der Waals surface area (Å²) in [6.45, 7) is 2.49. The molecule has 0 fully saturated rings. The molecule has 1 rings (SSSR count). The first-order valence-electron chi connectivity index (χ1n) is 3.76. The van der Waals surface area contributed by atoms with Crippen LogP contribution in [-0.2, 0) is 11.3 Å². The molecule has 3 nitrogen and oxygen atoms in total. The number of halogens is 2. The van der Waals surface area contributed by atoms with Gasteiger partial charge in [-0.1, -0.05) is 6.58 Å². The number of hydrogen-bond donors (Lipinski definition) is 0. The van der Waals surface area contributed by atoms with Gasteiger partial charge >= 0.3 is 6.11 Å². The normalized spacial score (nSPS) is 11.3. The molecule has 0 amide bonds. The van der Waals surface area contributed by atoms with Gasteiger partial charge in [-0.05, 0) is 12.1 Å². The third kappa shape index (κ3) is 2.77. The van der Waals surface area contributed by atoms with E-state index in [9.17, 15) is 13.6 Å². The van der Waals surface area contributed by atoms with Crippen molar-refractivity contribution in [3.63, 3.8) is 0 Å². The Hall–Kier alpha value is -1.49. The van der Waals surface area contributed by atoms with Crippen LogP contribution in [0.25, 0.3) is 0 Å². The summed E-state index contributed by atoms with van der Waals surface area (Å²) in [7, 11) is 0. The van der Waals surface area contributed by atoms with Gasteiger partial charge in [-0.3, -0.25) is 4.79 Å². The largest absolute Gasteiger partial charge is 0.456 e. The quantitative estimate of drug-likeness (QED) is 0.543. The van der Waals surface area contributed by atoms with Crippen LogP contribution < -0.4 is 0 Å². The van der Waals surface area contributed by atoms with Crippen LogP contribution >= 0.6 is 0 Å². The Balaban J connectivity index is 2.53. The molecule has 0 aliphatic rings. The van der Waals surface area contributed by atoms with Crippen molar-refractivity contribution < 1.29 is 22.7 Å². The summed E-state index contributed by atoms with van der Waals surface area (Å²) in [6.07, 6.45) is -2.51. The van der Waals surface area contributed by atoms with Crippen LogP contribution in [0.5, 0.6) is 0 Å². The Kier molecular flexibility index (Phi) is 3.14. The number of carbonyl (C=O) groups is 1. The van der Waals surface area contributed by atoms with Crippen LogP contribution in [-0.4, -0.2) is 12.4 Å². The highest BCUT2D eigenvalue weighted by Crippen LogP contribution is 2.19. The summed E-state index contributed by atoms with van der Waals surface area (Å²) < 4.78 is 33.9. The maximum absolute atomic E-state index is 12.5. The number of ether oxygens (including phenoxy) is 1. The average molecular weight is 202 g/mol. The zero-order valence-corrected chi connectivity index (χ0v) is 7.20. The molecule has 0 aromatic carbocycles. The summed E-state index contributed by atoms with van der Waals surface area (Å²) in [5.74, 6) is 0.235. The molecule has 0 aliphatic carbocycles. The summed E-state index contributed by atoms with van der Waals surface area (Å²) >= 11 is 0. The molecule has 1 heterocycles. The molecule has 0 spiro atoms. The molecule has 5 heteroatoms. The monoisotopic (exact) mass is 202 g/mol. The second kappa shape index (κ2) is 4.15. The highest BCUT2D eigenvalue weighted by Gasteiger charge is 2.25. The van der Waals surface area contributed by atoms with Crippen molar-refractivity contribution in [2.45, 2.75) is 12.7 Å². The van der Waals surface area contributed by atoms with Gasteiger partial charge in [-0.15, -0.1) is 0 Å². The molecule has 1 aromatic rings. The van der Waals surface area contributed by atoms with Crippen molar-refractivity contribution in [3.05, 3.63) is 36.3 Å². The smallest absolute Gasteiger partial charge is 0.376 e. The topological polar surface area (TPSA) is 39.4 Å². The van der Waals surface area contributed by atoms with Crippen molar-refractivity contribution in [1.82, 2.24) is 0 Å². The predicted octanol–water partition coefficient (Wildman–Crippen LogP) is 2.39. The van der Waals surface area contributed by atoms with E-state index in [1.54, 1.807) is 0 Å². The molecule has 14 heavy (non-hydrogen) atoms. The molecule has 0 bridgehead atoms. The summed E-state index contributed by atoms with van der Waals surface area (Å²) in [4.78, 5) is 10.2. The maximum Gasteiger partial charge on any atom is 0.376 e. The zero-order valence-electron chi connectivity index (χ0n) is 7.20. The molecule has 1 aromatic heterocycles. The van der Waals surface area contributed by atoms with E-state index < -0.39 is 12.7 Å². The number of furan rings is 1. The first kappa shape index (κ1) is 10.6. The van der Waals surface area contributed by atoms with Crippen molar-refractivity contribution >= 4 is 6.29 Å². The van der Waals surface area contributed by atoms with E-state index in [-0.39, 0.29) is 11.5 Å². The van der Waals surface area contributed by atoms with Crippen LogP contribution in [0.15, 0.2) is 29.2 Å². The molecule has 0 radical (unpaired) electrons. The first-order valence-corrected chi connectivity index (χ1v) is 3.76. The number of alkyl halides is 2. The van der Waals surface area contributed by atoms with Crippen LogP contribution in [0.2, 0.25) is 0 Å². The van der Waals surface area contributed by atoms with E-state index in [2.05, 4.69) is 11.3 Å². The lowest BCUT2D eigenvalue weighted by Gasteiger charge is -2.10. The molecular formula is C9H8F2O3. The zero-order chi connectivity index (χ0) is 10.6. The predicted molar refractivity (Wildman–Crippen MR) is 44.0 cm³/mol. The first-order chi connectivity index (χ1) is 6.57. The van der Waals surface area contributed by atoms with Crippen molar-refractivity contribution in [2.75, 3.05) is 0 Å². The van der Waals surface area contributed by atoms with Gasteiger partial charge < -0.3 is 9.15 Å². The minimum atomic E-state index is -3.38.